The average Bonchev–Trinajstić information content (AvgIpc) is 3.13. The Hall–Kier alpha value is -2.33. The quantitative estimate of drug-likeness (QED) is 0.0158. The summed E-state index contributed by atoms with van der Waals surface area (Å²) in [4.78, 5) is 35.3. The van der Waals surface area contributed by atoms with Gasteiger partial charge in [-0.1, -0.05) is 152 Å². The van der Waals surface area contributed by atoms with Crippen LogP contribution >= 0.6 is 7.82 Å². The van der Waals surface area contributed by atoms with Gasteiger partial charge in [0.2, 0.25) is 0 Å². The Bertz CT molecular complexity index is 1140. The molecule has 0 rings (SSSR count). The van der Waals surface area contributed by atoms with Crippen LogP contribution in [0.4, 0.5) is 0 Å². The Morgan fingerprint density at radius 1 is 0.673 bits per heavy atom. The third-order valence-electron chi connectivity index (χ3n) is 8.64. The van der Waals surface area contributed by atoms with Gasteiger partial charge < -0.3 is 24.0 Å². The highest BCUT2D eigenvalue weighted by Gasteiger charge is 2.27. The smallest absolute Gasteiger partial charge is 0.462 e. The molecular formula is C44H79NO9P+. The monoisotopic (exact) mass is 797 g/mol. The number of carbonyl (C=O) groups is 2. The summed E-state index contributed by atoms with van der Waals surface area (Å²) in [6.45, 7) is 4.13. The fourth-order valence-electron chi connectivity index (χ4n) is 5.31. The van der Waals surface area contributed by atoms with E-state index in [9.17, 15) is 24.2 Å². The van der Waals surface area contributed by atoms with Gasteiger partial charge in [-0.05, 0) is 44.9 Å². The van der Waals surface area contributed by atoms with Crippen LogP contribution < -0.4 is 0 Å². The molecule has 0 saturated carbocycles. The number of nitrogens with zero attached hydrogens (tertiary/aromatic N) is 1. The van der Waals surface area contributed by atoms with Crippen LogP contribution in [0.1, 0.15) is 149 Å². The number of phosphoric acid groups is 1. The number of aliphatic hydroxyl groups excluding tert-OH is 1. The SMILES string of the molecule is CC/C=C\C/C=C\CC(O)/C=C/C=C\C/C=C\CCCC(=O)O[C@H](COC(=O)CCCCCCCCCCCCCCC)COP(=O)(O)OCC[N+](C)(C)C. The van der Waals surface area contributed by atoms with E-state index in [4.69, 9.17) is 18.5 Å². The first-order valence-corrected chi connectivity index (χ1v) is 22.6. The minimum atomic E-state index is -4.40. The average molecular weight is 797 g/mol. The van der Waals surface area contributed by atoms with Crippen LogP contribution in [0.5, 0.6) is 0 Å². The highest BCUT2D eigenvalue weighted by molar-refractivity contribution is 7.47. The summed E-state index contributed by atoms with van der Waals surface area (Å²) in [6.07, 6.45) is 38.8. The Kier molecular flexibility index (Phi) is 34.5. The van der Waals surface area contributed by atoms with Crippen LogP contribution in [0, 0.1) is 0 Å². The van der Waals surface area contributed by atoms with Gasteiger partial charge in [-0.25, -0.2) is 4.57 Å². The lowest BCUT2D eigenvalue weighted by Gasteiger charge is -2.24. The Morgan fingerprint density at radius 3 is 1.89 bits per heavy atom. The van der Waals surface area contributed by atoms with E-state index >= 15 is 0 Å². The second-order valence-electron chi connectivity index (χ2n) is 15.2. The molecule has 0 aliphatic carbocycles. The molecule has 0 heterocycles. The standard InChI is InChI=1S/C44H78NO9P/c1-6-8-10-12-14-15-16-17-18-19-23-27-31-35-43(47)51-39-42(40-53-55(49,50)52-38-37-45(3,4)5)54-44(48)36-32-28-24-21-20-22-26-30-34-41(46)33-29-25-13-11-9-7-2/h9,11,21-22,24-26,29-30,34,41-42,46H,6-8,10,12-20,23,27-28,31-33,35-40H2,1-5H3/p+1/b11-9-,24-21-,26-22-,29-25-,34-30+/t41?,42-/m1/s1. The number of ether oxygens (including phenoxy) is 2. The summed E-state index contributed by atoms with van der Waals surface area (Å²) in [7, 11) is 1.40. The van der Waals surface area contributed by atoms with Crippen molar-refractivity contribution in [2.24, 2.45) is 0 Å². The van der Waals surface area contributed by atoms with Gasteiger partial charge in [0.25, 0.3) is 0 Å². The molecule has 55 heavy (non-hydrogen) atoms. The molecule has 10 nitrogen and oxygen atoms in total. The first-order chi connectivity index (χ1) is 26.4. The van der Waals surface area contributed by atoms with Gasteiger partial charge in [0.05, 0.1) is 33.9 Å². The van der Waals surface area contributed by atoms with Gasteiger partial charge >= 0.3 is 19.8 Å². The topological polar surface area (TPSA) is 129 Å². The lowest BCUT2D eigenvalue weighted by Crippen LogP contribution is -2.37. The number of rotatable bonds is 37. The van der Waals surface area contributed by atoms with Crippen molar-refractivity contribution in [3.05, 3.63) is 60.8 Å². The molecule has 2 N–H and O–H groups in total. The van der Waals surface area contributed by atoms with Crippen molar-refractivity contribution < 1.29 is 47.2 Å². The third-order valence-corrected chi connectivity index (χ3v) is 9.63. The summed E-state index contributed by atoms with van der Waals surface area (Å²) in [5.41, 5.74) is 0. The van der Waals surface area contributed by atoms with E-state index < -0.39 is 38.6 Å². The van der Waals surface area contributed by atoms with Crippen LogP contribution in [-0.4, -0.2) is 86.1 Å². The maximum absolute atomic E-state index is 12.6. The lowest BCUT2D eigenvalue weighted by atomic mass is 10.0. The van der Waals surface area contributed by atoms with E-state index in [2.05, 4.69) is 32.1 Å². The lowest BCUT2D eigenvalue weighted by molar-refractivity contribution is -0.870. The van der Waals surface area contributed by atoms with E-state index in [1.807, 2.05) is 57.6 Å². The van der Waals surface area contributed by atoms with Crippen molar-refractivity contribution in [3.63, 3.8) is 0 Å². The number of hydrogen-bond donors (Lipinski definition) is 2. The minimum absolute atomic E-state index is 0.00835. The Morgan fingerprint density at radius 2 is 1.25 bits per heavy atom. The molecule has 3 atom stereocenters. The number of unbranched alkanes of at least 4 members (excludes halogenated alkanes) is 13. The molecule has 0 aromatic rings. The molecule has 0 saturated heterocycles. The van der Waals surface area contributed by atoms with E-state index in [1.54, 1.807) is 6.08 Å². The minimum Gasteiger partial charge on any atom is -0.462 e. The van der Waals surface area contributed by atoms with Gasteiger partial charge in [0, 0.05) is 12.8 Å². The molecule has 0 fully saturated rings. The van der Waals surface area contributed by atoms with Crippen LogP contribution in [0.15, 0.2) is 60.8 Å². The second-order valence-corrected chi connectivity index (χ2v) is 16.7. The first kappa shape index (κ1) is 52.7. The molecule has 0 bridgehead atoms. The van der Waals surface area contributed by atoms with E-state index in [-0.39, 0.29) is 26.1 Å². The molecule has 0 aliphatic rings. The molecule has 0 aromatic carbocycles. The second kappa shape index (κ2) is 36.0. The summed E-state index contributed by atoms with van der Waals surface area (Å²) >= 11 is 0. The predicted molar refractivity (Wildman–Crippen MR) is 225 cm³/mol. The van der Waals surface area contributed by atoms with Crippen molar-refractivity contribution in [2.45, 2.75) is 161 Å². The molecule has 0 radical (unpaired) electrons. The molecule has 2 unspecified atom stereocenters. The number of phosphoric ester groups is 1. The molecule has 0 aliphatic heterocycles. The fraction of sp³-hybridized carbons (Fsp3) is 0.727. The van der Waals surface area contributed by atoms with Crippen molar-refractivity contribution in [1.82, 2.24) is 0 Å². The van der Waals surface area contributed by atoms with Gasteiger partial charge in [0.1, 0.15) is 19.8 Å². The number of aliphatic hydroxyl groups is 1. The van der Waals surface area contributed by atoms with Crippen LogP contribution in [0.3, 0.4) is 0 Å². The molecule has 318 valence electrons. The highest BCUT2D eigenvalue weighted by atomic mass is 31.2. The first-order valence-electron chi connectivity index (χ1n) is 21.1. The maximum Gasteiger partial charge on any atom is 0.472 e. The zero-order chi connectivity index (χ0) is 40.9. The van der Waals surface area contributed by atoms with E-state index in [0.717, 1.165) is 38.5 Å². The van der Waals surface area contributed by atoms with Crippen LogP contribution in [-0.2, 0) is 32.7 Å². The number of likely N-dealkylation sites (N-methyl/N-ethyl adjacent to an activating group) is 1. The zero-order valence-electron chi connectivity index (χ0n) is 35.3. The number of esters is 2. The summed E-state index contributed by atoms with van der Waals surface area (Å²) in [5.74, 6) is -0.909. The molecule has 0 amide bonds. The predicted octanol–water partition coefficient (Wildman–Crippen LogP) is 10.7. The maximum atomic E-state index is 12.6. The van der Waals surface area contributed by atoms with Crippen molar-refractivity contribution >= 4 is 19.8 Å². The summed E-state index contributed by atoms with van der Waals surface area (Å²) in [6, 6.07) is 0. The number of quaternary nitrogens is 1. The fourth-order valence-corrected chi connectivity index (χ4v) is 6.05. The zero-order valence-corrected chi connectivity index (χ0v) is 36.1. The van der Waals surface area contributed by atoms with Crippen molar-refractivity contribution in [2.75, 3.05) is 47.5 Å². The highest BCUT2D eigenvalue weighted by Crippen LogP contribution is 2.43. The van der Waals surface area contributed by atoms with E-state index in [0.29, 0.717) is 30.3 Å². The molecule has 0 spiro atoms. The Labute approximate surface area is 335 Å². The molecule has 0 aromatic heterocycles. The molecular weight excluding hydrogens is 717 g/mol. The molecule has 11 heteroatoms. The number of allylic oxidation sites excluding steroid dienone is 8. The summed E-state index contributed by atoms with van der Waals surface area (Å²) < 4.78 is 34.1. The largest absolute Gasteiger partial charge is 0.472 e. The van der Waals surface area contributed by atoms with Crippen LogP contribution in [0.2, 0.25) is 0 Å². The van der Waals surface area contributed by atoms with Gasteiger partial charge in [-0.15, -0.1) is 0 Å². The van der Waals surface area contributed by atoms with Gasteiger partial charge in [-0.2, -0.15) is 0 Å². The van der Waals surface area contributed by atoms with Gasteiger partial charge in [0.15, 0.2) is 6.10 Å². The third kappa shape index (κ3) is 39.7. The number of carbonyl (C=O) groups excluding carboxylic acids is 2. The van der Waals surface area contributed by atoms with Crippen LogP contribution in [0.25, 0.3) is 0 Å². The van der Waals surface area contributed by atoms with Crippen molar-refractivity contribution in [1.29, 1.82) is 0 Å². The van der Waals surface area contributed by atoms with E-state index in [1.165, 1.54) is 64.2 Å². The van der Waals surface area contributed by atoms with Crippen molar-refractivity contribution in [3.8, 4) is 0 Å². The Balaban J connectivity index is 4.56. The van der Waals surface area contributed by atoms with Gasteiger partial charge in [-0.3, -0.25) is 18.6 Å². The summed E-state index contributed by atoms with van der Waals surface area (Å²) in [5, 5.41) is 10.0. The number of hydrogen-bond acceptors (Lipinski definition) is 8. The normalized spacial score (nSPS) is 14.8.